The highest BCUT2D eigenvalue weighted by Gasteiger charge is 2.18. The summed E-state index contributed by atoms with van der Waals surface area (Å²) in [7, 11) is 0. The third-order valence-corrected chi connectivity index (χ3v) is 4.59. The second-order valence-corrected chi connectivity index (χ2v) is 6.80. The molecule has 0 aliphatic heterocycles. The van der Waals surface area contributed by atoms with E-state index in [4.69, 9.17) is 11.6 Å². The van der Waals surface area contributed by atoms with E-state index in [0.717, 1.165) is 0 Å². The molecule has 0 aliphatic carbocycles. The van der Waals surface area contributed by atoms with Crippen molar-refractivity contribution in [3.8, 4) is 0 Å². The van der Waals surface area contributed by atoms with Crippen molar-refractivity contribution in [2.24, 2.45) is 0 Å². The SMILES string of the molecule is C=CCNC(=O)[C@H](C)Sc1nc2ccc(Cl)cc2c(=O)n1CC=C. The summed E-state index contributed by atoms with van der Waals surface area (Å²) in [6.45, 7) is 9.71. The van der Waals surface area contributed by atoms with Gasteiger partial charge in [-0.05, 0) is 25.1 Å². The number of hydrogen-bond acceptors (Lipinski definition) is 4. The maximum Gasteiger partial charge on any atom is 0.262 e. The predicted molar refractivity (Wildman–Crippen MR) is 99.7 cm³/mol. The van der Waals surface area contributed by atoms with Crippen LogP contribution in [0.15, 0.2) is 53.5 Å². The summed E-state index contributed by atoms with van der Waals surface area (Å²) in [5.41, 5.74) is 0.342. The molecule has 1 heterocycles. The average molecular weight is 364 g/mol. The van der Waals surface area contributed by atoms with Crippen molar-refractivity contribution in [2.45, 2.75) is 23.9 Å². The molecule has 1 aromatic carbocycles. The van der Waals surface area contributed by atoms with Crippen LogP contribution in [-0.4, -0.2) is 27.3 Å². The topological polar surface area (TPSA) is 64.0 Å². The van der Waals surface area contributed by atoms with Crippen LogP contribution in [0, 0.1) is 0 Å². The van der Waals surface area contributed by atoms with Gasteiger partial charge in [-0.3, -0.25) is 14.2 Å². The molecule has 0 spiro atoms. The number of fused-ring (bicyclic) bond motifs is 1. The standard InChI is InChI=1S/C17H18ClN3O2S/c1-4-8-19-15(22)11(3)24-17-20-14-7-6-12(18)10-13(14)16(23)21(17)9-5-2/h4-7,10-11H,1-2,8-9H2,3H3,(H,19,22)/t11-/m0/s1. The molecule has 0 aliphatic rings. The monoisotopic (exact) mass is 363 g/mol. The number of carbonyl (C=O) groups excluding carboxylic acids is 1. The highest BCUT2D eigenvalue weighted by atomic mass is 35.5. The Balaban J connectivity index is 2.44. The van der Waals surface area contributed by atoms with Gasteiger partial charge in [0.05, 0.1) is 16.2 Å². The third kappa shape index (κ3) is 4.07. The maximum atomic E-state index is 12.7. The van der Waals surface area contributed by atoms with Gasteiger partial charge in [-0.2, -0.15) is 0 Å². The molecule has 1 N–H and O–H groups in total. The summed E-state index contributed by atoms with van der Waals surface area (Å²) >= 11 is 7.20. The maximum absolute atomic E-state index is 12.7. The van der Waals surface area contributed by atoms with Crippen LogP contribution in [0.1, 0.15) is 6.92 Å². The first-order chi connectivity index (χ1) is 11.5. The fraction of sp³-hybridized carbons (Fsp3) is 0.235. The predicted octanol–water partition coefficient (Wildman–Crippen LogP) is 3.02. The Labute approximate surface area is 149 Å². The number of carbonyl (C=O) groups is 1. The molecule has 0 bridgehead atoms. The van der Waals surface area contributed by atoms with Crippen molar-refractivity contribution in [1.82, 2.24) is 14.9 Å². The van der Waals surface area contributed by atoms with Gasteiger partial charge >= 0.3 is 0 Å². The first kappa shape index (κ1) is 18.3. The number of aromatic nitrogens is 2. The number of benzene rings is 1. The van der Waals surface area contributed by atoms with E-state index in [1.54, 1.807) is 37.3 Å². The second-order valence-electron chi connectivity index (χ2n) is 5.05. The van der Waals surface area contributed by atoms with Crippen molar-refractivity contribution in [2.75, 3.05) is 6.54 Å². The van der Waals surface area contributed by atoms with Gasteiger partial charge in [-0.15, -0.1) is 13.2 Å². The van der Waals surface area contributed by atoms with E-state index in [-0.39, 0.29) is 11.5 Å². The van der Waals surface area contributed by atoms with Crippen LogP contribution in [0.25, 0.3) is 10.9 Å². The molecular weight excluding hydrogens is 346 g/mol. The number of rotatable bonds is 7. The number of allylic oxidation sites excluding steroid dienone is 1. The lowest BCUT2D eigenvalue weighted by atomic mass is 10.2. The largest absolute Gasteiger partial charge is 0.352 e. The summed E-state index contributed by atoms with van der Waals surface area (Å²) in [6, 6.07) is 4.98. The van der Waals surface area contributed by atoms with Gasteiger partial charge in [0.2, 0.25) is 5.91 Å². The summed E-state index contributed by atoms with van der Waals surface area (Å²) in [5, 5.41) is 3.71. The van der Waals surface area contributed by atoms with Crippen LogP contribution in [0.2, 0.25) is 5.02 Å². The molecule has 0 saturated carbocycles. The Morgan fingerprint density at radius 2 is 2.21 bits per heavy atom. The zero-order valence-corrected chi connectivity index (χ0v) is 14.9. The van der Waals surface area contributed by atoms with Crippen molar-refractivity contribution < 1.29 is 4.79 Å². The fourth-order valence-electron chi connectivity index (χ4n) is 2.08. The summed E-state index contributed by atoms with van der Waals surface area (Å²) in [4.78, 5) is 29.3. The van der Waals surface area contributed by atoms with Gasteiger partial charge in [-0.1, -0.05) is 35.5 Å². The molecule has 0 fully saturated rings. The molecule has 2 aromatic rings. The van der Waals surface area contributed by atoms with Crippen LogP contribution in [0.4, 0.5) is 0 Å². The fourth-order valence-corrected chi connectivity index (χ4v) is 3.20. The minimum absolute atomic E-state index is 0.143. The Bertz CT molecular complexity index is 848. The number of hydrogen-bond donors (Lipinski definition) is 1. The van der Waals surface area contributed by atoms with Crippen LogP contribution < -0.4 is 10.9 Å². The number of nitrogens with zero attached hydrogens (tertiary/aromatic N) is 2. The third-order valence-electron chi connectivity index (χ3n) is 3.26. The van der Waals surface area contributed by atoms with Crippen LogP contribution in [0.5, 0.6) is 0 Å². The molecule has 1 aromatic heterocycles. The smallest absolute Gasteiger partial charge is 0.262 e. The number of thioether (sulfide) groups is 1. The lowest BCUT2D eigenvalue weighted by Gasteiger charge is -2.15. The summed E-state index contributed by atoms with van der Waals surface area (Å²) in [6.07, 6.45) is 3.23. The summed E-state index contributed by atoms with van der Waals surface area (Å²) < 4.78 is 1.49. The molecule has 0 unspecified atom stereocenters. The Morgan fingerprint density at radius 1 is 1.46 bits per heavy atom. The molecule has 7 heteroatoms. The first-order valence-electron chi connectivity index (χ1n) is 7.34. The second kappa shape index (κ2) is 8.17. The van der Waals surface area contributed by atoms with Crippen LogP contribution >= 0.6 is 23.4 Å². The highest BCUT2D eigenvalue weighted by molar-refractivity contribution is 8.00. The van der Waals surface area contributed by atoms with Crippen molar-refractivity contribution in [3.63, 3.8) is 0 Å². The van der Waals surface area contributed by atoms with E-state index < -0.39 is 5.25 Å². The minimum atomic E-state index is -0.405. The zero-order chi connectivity index (χ0) is 17.7. The van der Waals surface area contributed by atoms with E-state index in [9.17, 15) is 9.59 Å². The number of nitrogens with one attached hydrogen (secondary N) is 1. The molecule has 2 rings (SSSR count). The Kier molecular flexibility index (Phi) is 6.23. The molecule has 24 heavy (non-hydrogen) atoms. The van der Waals surface area contributed by atoms with Crippen molar-refractivity contribution in [3.05, 3.63) is 58.9 Å². The van der Waals surface area contributed by atoms with E-state index >= 15 is 0 Å². The van der Waals surface area contributed by atoms with Crippen molar-refractivity contribution in [1.29, 1.82) is 0 Å². The van der Waals surface area contributed by atoms with Gasteiger partial charge < -0.3 is 5.32 Å². The van der Waals surface area contributed by atoms with E-state index in [1.165, 1.54) is 16.3 Å². The highest BCUT2D eigenvalue weighted by Crippen LogP contribution is 2.23. The number of amides is 1. The van der Waals surface area contributed by atoms with Crippen LogP contribution in [0.3, 0.4) is 0 Å². The molecule has 0 radical (unpaired) electrons. The minimum Gasteiger partial charge on any atom is -0.352 e. The normalized spacial score (nSPS) is 11.9. The molecular formula is C17H18ClN3O2S. The van der Waals surface area contributed by atoms with E-state index in [2.05, 4.69) is 23.5 Å². The van der Waals surface area contributed by atoms with Gasteiger partial charge in [0, 0.05) is 18.1 Å². The lowest BCUT2D eigenvalue weighted by Crippen LogP contribution is -2.32. The van der Waals surface area contributed by atoms with E-state index in [1.807, 2.05) is 0 Å². The Morgan fingerprint density at radius 3 is 2.88 bits per heavy atom. The van der Waals surface area contributed by atoms with Gasteiger partial charge in [0.1, 0.15) is 0 Å². The van der Waals surface area contributed by atoms with Crippen molar-refractivity contribution >= 4 is 40.2 Å². The summed E-state index contributed by atoms with van der Waals surface area (Å²) in [5.74, 6) is -0.143. The molecule has 5 nitrogen and oxygen atoms in total. The quantitative estimate of drug-likeness (QED) is 0.466. The average Bonchev–Trinajstić information content (AvgIpc) is 2.56. The zero-order valence-electron chi connectivity index (χ0n) is 13.3. The van der Waals surface area contributed by atoms with Gasteiger partial charge in [0.15, 0.2) is 5.16 Å². The number of halogens is 1. The van der Waals surface area contributed by atoms with Crippen LogP contribution in [-0.2, 0) is 11.3 Å². The van der Waals surface area contributed by atoms with Gasteiger partial charge in [-0.25, -0.2) is 4.98 Å². The first-order valence-corrected chi connectivity index (χ1v) is 8.60. The van der Waals surface area contributed by atoms with Gasteiger partial charge in [0.25, 0.3) is 5.56 Å². The molecule has 0 saturated heterocycles. The molecule has 126 valence electrons. The Hall–Kier alpha value is -2.05. The van der Waals surface area contributed by atoms with E-state index in [0.29, 0.717) is 34.2 Å². The lowest BCUT2D eigenvalue weighted by molar-refractivity contribution is -0.120. The molecule has 1 amide bonds. The molecule has 1 atom stereocenters.